The Hall–Kier alpha value is -1.08. The molecule has 2 atom stereocenters. The third-order valence-corrected chi connectivity index (χ3v) is 10.00. The predicted octanol–water partition coefficient (Wildman–Crippen LogP) is 4.36. The molecule has 1 N–H and O–H groups in total. The van der Waals surface area contributed by atoms with E-state index < -0.39 is 25.8 Å². The minimum Gasteiger partial charge on any atom is -0.481 e. The summed E-state index contributed by atoms with van der Waals surface area (Å²) < 4.78 is 11.5. The molecule has 152 valence electrons. The number of likely N-dealkylation sites (tertiary alicyclic amines) is 1. The maximum absolute atomic E-state index is 12.2. The van der Waals surface area contributed by atoms with Crippen LogP contribution in [0.25, 0.3) is 0 Å². The van der Waals surface area contributed by atoms with Gasteiger partial charge in [0.1, 0.15) is 5.60 Å². The lowest BCUT2D eigenvalue weighted by Crippen LogP contribution is -2.41. The molecule has 0 aromatic carbocycles. The monoisotopic (exact) mass is 387 g/mol. The van der Waals surface area contributed by atoms with Crippen LogP contribution in [-0.2, 0) is 14.0 Å². The smallest absolute Gasteiger partial charge is 0.410 e. The highest BCUT2D eigenvalue weighted by atomic mass is 28.4. The third kappa shape index (κ3) is 6.58. The number of ether oxygens (including phenoxy) is 1. The maximum atomic E-state index is 12.2. The quantitative estimate of drug-likeness (QED) is 0.685. The molecule has 0 radical (unpaired) electrons. The van der Waals surface area contributed by atoms with Crippen LogP contribution in [0.15, 0.2) is 0 Å². The molecule has 1 fully saturated rings. The van der Waals surface area contributed by atoms with E-state index in [9.17, 15) is 14.7 Å². The molecule has 1 amide bonds. The van der Waals surface area contributed by atoms with Crippen molar-refractivity contribution in [2.75, 3.05) is 19.7 Å². The summed E-state index contributed by atoms with van der Waals surface area (Å²) in [5, 5.41) is 9.76. The van der Waals surface area contributed by atoms with E-state index in [-0.39, 0.29) is 17.0 Å². The molecular weight excluding hydrogens is 350 g/mol. The molecule has 0 aromatic rings. The summed E-state index contributed by atoms with van der Waals surface area (Å²) in [5.74, 6) is -1.35. The largest absolute Gasteiger partial charge is 0.481 e. The molecule has 0 bridgehead atoms. The van der Waals surface area contributed by atoms with Crippen molar-refractivity contribution in [3.05, 3.63) is 0 Å². The van der Waals surface area contributed by atoms with Gasteiger partial charge >= 0.3 is 12.1 Å². The van der Waals surface area contributed by atoms with Gasteiger partial charge < -0.3 is 19.2 Å². The van der Waals surface area contributed by atoms with Gasteiger partial charge in [0.05, 0.1) is 5.92 Å². The number of carbonyl (C=O) groups excluding carboxylic acids is 1. The Morgan fingerprint density at radius 1 is 1.19 bits per heavy atom. The first-order valence-electron chi connectivity index (χ1n) is 9.49. The Bertz CT molecular complexity index is 507. The molecule has 0 aromatic heterocycles. The standard InChI is InChI=1S/C19H37NO5Si/c1-18(2,3)25-17(23)20-11-9-14(13-20)15(16(21)22)10-12-24-26(7,8)19(4,5)6/h14-15H,9-13H2,1-8H3,(H,21,22). The van der Waals surface area contributed by atoms with Crippen LogP contribution < -0.4 is 0 Å². The highest BCUT2D eigenvalue weighted by Gasteiger charge is 2.39. The number of amides is 1. The van der Waals surface area contributed by atoms with Gasteiger partial charge in [-0.1, -0.05) is 20.8 Å². The van der Waals surface area contributed by atoms with E-state index >= 15 is 0 Å². The summed E-state index contributed by atoms with van der Waals surface area (Å²) in [6.07, 6.45) is 0.812. The second-order valence-electron chi connectivity index (χ2n) is 9.82. The van der Waals surface area contributed by atoms with Crippen molar-refractivity contribution in [3.8, 4) is 0 Å². The number of carboxylic acid groups (broad SMARTS) is 1. The highest BCUT2D eigenvalue weighted by molar-refractivity contribution is 6.74. The zero-order valence-electron chi connectivity index (χ0n) is 17.7. The molecule has 1 rings (SSSR count). The fourth-order valence-corrected chi connectivity index (χ4v) is 3.89. The Morgan fingerprint density at radius 2 is 1.77 bits per heavy atom. The van der Waals surface area contributed by atoms with Gasteiger partial charge in [-0.05, 0) is 57.7 Å². The van der Waals surface area contributed by atoms with Crippen LogP contribution in [0.3, 0.4) is 0 Å². The van der Waals surface area contributed by atoms with Crippen molar-refractivity contribution in [3.63, 3.8) is 0 Å². The number of carboxylic acids is 1. The fraction of sp³-hybridized carbons (Fsp3) is 0.895. The van der Waals surface area contributed by atoms with Gasteiger partial charge in [-0.15, -0.1) is 0 Å². The first-order valence-corrected chi connectivity index (χ1v) is 12.4. The molecule has 7 heteroatoms. The average molecular weight is 388 g/mol. The number of nitrogens with zero attached hydrogens (tertiary/aromatic N) is 1. The lowest BCUT2D eigenvalue weighted by Gasteiger charge is -2.36. The first kappa shape index (κ1) is 23.0. The lowest BCUT2D eigenvalue weighted by molar-refractivity contribution is -0.144. The molecule has 6 nitrogen and oxygen atoms in total. The Balaban J connectivity index is 2.61. The Morgan fingerprint density at radius 3 is 2.23 bits per heavy atom. The first-order chi connectivity index (χ1) is 11.6. The van der Waals surface area contributed by atoms with E-state index in [1.165, 1.54) is 0 Å². The summed E-state index contributed by atoms with van der Waals surface area (Å²) in [4.78, 5) is 25.6. The predicted molar refractivity (Wildman–Crippen MR) is 105 cm³/mol. The van der Waals surface area contributed by atoms with E-state index in [1.54, 1.807) is 4.90 Å². The van der Waals surface area contributed by atoms with Gasteiger partial charge in [-0.2, -0.15) is 0 Å². The van der Waals surface area contributed by atoms with E-state index in [0.717, 1.165) is 0 Å². The van der Waals surface area contributed by atoms with E-state index in [2.05, 4.69) is 33.9 Å². The molecular formula is C19H37NO5Si. The van der Waals surface area contributed by atoms with Crippen LogP contribution in [0, 0.1) is 11.8 Å². The van der Waals surface area contributed by atoms with Crippen molar-refractivity contribution >= 4 is 20.4 Å². The normalized spacial score (nSPS) is 20.2. The van der Waals surface area contributed by atoms with E-state index in [0.29, 0.717) is 32.5 Å². The topological polar surface area (TPSA) is 76.1 Å². The Labute approximate surface area is 159 Å². The summed E-state index contributed by atoms with van der Waals surface area (Å²) in [6, 6.07) is 0. The van der Waals surface area contributed by atoms with E-state index in [1.807, 2.05) is 20.8 Å². The number of aliphatic carboxylic acids is 1. The van der Waals surface area contributed by atoms with Crippen molar-refractivity contribution in [2.24, 2.45) is 11.8 Å². The molecule has 0 aliphatic carbocycles. The van der Waals surface area contributed by atoms with Gasteiger partial charge in [0, 0.05) is 19.7 Å². The SMILES string of the molecule is CC(C)(C)OC(=O)N1CCC(C(CCO[Si](C)(C)C(C)(C)C)C(=O)O)C1. The summed E-state index contributed by atoms with van der Waals surface area (Å²) >= 11 is 0. The van der Waals surface area contributed by atoms with Crippen LogP contribution in [0.4, 0.5) is 4.79 Å². The van der Waals surface area contributed by atoms with Crippen molar-refractivity contribution in [2.45, 2.75) is 78.1 Å². The van der Waals surface area contributed by atoms with Crippen LogP contribution in [0.1, 0.15) is 54.4 Å². The molecule has 2 unspecified atom stereocenters. The number of hydrogen-bond donors (Lipinski definition) is 1. The maximum Gasteiger partial charge on any atom is 0.410 e. The van der Waals surface area contributed by atoms with Crippen molar-refractivity contribution in [1.82, 2.24) is 4.90 Å². The summed E-state index contributed by atoms with van der Waals surface area (Å²) in [6.45, 7) is 17.8. The minimum atomic E-state index is -1.88. The van der Waals surface area contributed by atoms with Gasteiger partial charge in [0.2, 0.25) is 0 Å². The third-order valence-electron chi connectivity index (χ3n) is 5.46. The zero-order chi connectivity index (χ0) is 20.3. The lowest BCUT2D eigenvalue weighted by atomic mass is 9.89. The minimum absolute atomic E-state index is 0.0527. The van der Waals surface area contributed by atoms with Crippen LogP contribution >= 0.6 is 0 Å². The van der Waals surface area contributed by atoms with Gasteiger partial charge in [0.25, 0.3) is 0 Å². The second-order valence-corrected chi connectivity index (χ2v) is 14.6. The fourth-order valence-electron chi connectivity index (χ4n) is 2.83. The summed E-state index contributed by atoms with van der Waals surface area (Å²) in [5.41, 5.74) is -0.543. The van der Waals surface area contributed by atoms with Crippen molar-refractivity contribution < 1.29 is 23.9 Å². The molecule has 0 saturated carbocycles. The van der Waals surface area contributed by atoms with E-state index in [4.69, 9.17) is 9.16 Å². The van der Waals surface area contributed by atoms with Gasteiger partial charge in [-0.25, -0.2) is 4.79 Å². The Kier molecular flexibility index (Phi) is 7.32. The zero-order valence-corrected chi connectivity index (χ0v) is 18.7. The van der Waals surface area contributed by atoms with Gasteiger partial charge in [-0.3, -0.25) is 4.79 Å². The van der Waals surface area contributed by atoms with Crippen molar-refractivity contribution in [1.29, 1.82) is 0 Å². The van der Waals surface area contributed by atoms with Crippen LogP contribution in [0.2, 0.25) is 18.1 Å². The van der Waals surface area contributed by atoms with Crippen LogP contribution in [-0.4, -0.2) is 55.7 Å². The number of rotatable bonds is 6. The average Bonchev–Trinajstić information content (AvgIpc) is 2.89. The number of carbonyl (C=O) groups is 2. The van der Waals surface area contributed by atoms with Gasteiger partial charge in [0.15, 0.2) is 8.32 Å². The molecule has 26 heavy (non-hydrogen) atoms. The molecule has 1 saturated heterocycles. The summed E-state index contributed by atoms with van der Waals surface area (Å²) in [7, 11) is -1.88. The highest BCUT2D eigenvalue weighted by Crippen LogP contribution is 2.37. The molecule has 1 aliphatic heterocycles. The molecule has 1 aliphatic rings. The second kappa shape index (κ2) is 8.29. The molecule has 0 spiro atoms. The molecule has 1 heterocycles. The number of hydrogen-bond acceptors (Lipinski definition) is 4. The van der Waals surface area contributed by atoms with Crippen LogP contribution in [0.5, 0.6) is 0 Å².